The van der Waals surface area contributed by atoms with Gasteiger partial charge < -0.3 is 20.1 Å². The molecule has 2 N–H and O–H groups in total. The highest BCUT2D eigenvalue weighted by atomic mass is 32.2. The lowest BCUT2D eigenvalue weighted by Crippen LogP contribution is -2.53. The van der Waals surface area contributed by atoms with Crippen LogP contribution in [-0.4, -0.2) is 64.7 Å². The summed E-state index contributed by atoms with van der Waals surface area (Å²) in [7, 11) is 0. The molecule has 168 valence electrons. The van der Waals surface area contributed by atoms with Crippen molar-refractivity contribution in [2.45, 2.75) is 30.6 Å². The first kappa shape index (κ1) is 22.2. The third kappa shape index (κ3) is 4.46. The number of rotatable bonds is 6. The number of hydrogen-bond donors (Lipinski definition) is 2. The van der Waals surface area contributed by atoms with Crippen LogP contribution in [0.1, 0.15) is 30.4 Å². The summed E-state index contributed by atoms with van der Waals surface area (Å²) in [6, 6.07) is 15.4. The maximum absolute atomic E-state index is 12.9. The van der Waals surface area contributed by atoms with Crippen molar-refractivity contribution in [2.24, 2.45) is 0 Å². The van der Waals surface area contributed by atoms with Gasteiger partial charge in [-0.05, 0) is 28.7 Å². The number of thioether (sulfide) groups is 1. The number of fused-ring (bicyclic) bond motifs is 3. The van der Waals surface area contributed by atoms with Gasteiger partial charge in [0.2, 0.25) is 5.91 Å². The van der Waals surface area contributed by atoms with Gasteiger partial charge >= 0.3 is 12.1 Å². The summed E-state index contributed by atoms with van der Waals surface area (Å²) in [5.74, 6) is -0.693. The van der Waals surface area contributed by atoms with Gasteiger partial charge in [-0.25, -0.2) is 4.79 Å². The number of ether oxygens (including phenoxy) is 1. The lowest BCUT2D eigenvalue weighted by atomic mass is 9.98. The van der Waals surface area contributed by atoms with E-state index in [9.17, 15) is 19.5 Å². The largest absolute Gasteiger partial charge is 0.480 e. The van der Waals surface area contributed by atoms with Crippen LogP contribution in [0.5, 0.6) is 0 Å². The third-order valence-electron chi connectivity index (χ3n) is 6.00. The molecule has 0 spiro atoms. The summed E-state index contributed by atoms with van der Waals surface area (Å²) in [5, 5.41) is 11.3. The molecule has 0 bridgehead atoms. The number of hydrogen-bond acceptors (Lipinski definition) is 5. The molecule has 0 saturated carbocycles. The Morgan fingerprint density at radius 1 is 1.12 bits per heavy atom. The number of amides is 2. The fourth-order valence-corrected chi connectivity index (χ4v) is 5.38. The van der Waals surface area contributed by atoms with Crippen molar-refractivity contribution in [3.05, 3.63) is 59.7 Å². The van der Waals surface area contributed by atoms with E-state index in [4.69, 9.17) is 4.74 Å². The van der Waals surface area contributed by atoms with E-state index < -0.39 is 23.4 Å². The second-order valence-corrected chi connectivity index (χ2v) is 9.22. The van der Waals surface area contributed by atoms with Crippen LogP contribution in [0.3, 0.4) is 0 Å². The van der Waals surface area contributed by atoms with Crippen molar-refractivity contribution in [3.8, 4) is 11.1 Å². The quantitative estimate of drug-likeness (QED) is 0.695. The van der Waals surface area contributed by atoms with Gasteiger partial charge in [0.05, 0.1) is 0 Å². The molecule has 2 unspecified atom stereocenters. The normalized spacial score (nSPS) is 18.4. The maximum atomic E-state index is 12.9. The number of nitrogens with zero attached hydrogens (tertiary/aromatic N) is 1. The first-order chi connectivity index (χ1) is 15.5. The van der Waals surface area contributed by atoms with Crippen molar-refractivity contribution < 1.29 is 24.2 Å². The number of aliphatic carboxylic acids is 1. The van der Waals surface area contributed by atoms with Gasteiger partial charge in [-0.3, -0.25) is 9.59 Å². The molecule has 2 aromatic rings. The molecule has 1 saturated heterocycles. The highest BCUT2D eigenvalue weighted by Crippen LogP contribution is 2.44. The monoisotopic (exact) mass is 454 g/mol. The van der Waals surface area contributed by atoms with E-state index in [1.165, 1.54) is 16.7 Å². The summed E-state index contributed by atoms with van der Waals surface area (Å²) in [4.78, 5) is 38.2. The van der Waals surface area contributed by atoms with Crippen LogP contribution >= 0.6 is 11.8 Å². The summed E-state index contributed by atoms with van der Waals surface area (Å²) in [6.07, 6.45) is -0.252. The lowest BCUT2D eigenvalue weighted by molar-refractivity contribution is -0.138. The Morgan fingerprint density at radius 3 is 2.34 bits per heavy atom. The van der Waals surface area contributed by atoms with Gasteiger partial charge in [0, 0.05) is 24.8 Å². The molecule has 2 aliphatic rings. The molecule has 1 fully saturated rings. The van der Waals surface area contributed by atoms with E-state index in [1.54, 1.807) is 6.92 Å². The highest BCUT2D eigenvalue weighted by molar-refractivity contribution is 8.00. The number of carbonyl (C=O) groups is 3. The van der Waals surface area contributed by atoms with Gasteiger partial charge in [0.25, 0.3) is 0 Å². The third-order valence-corrected chi connectivity index (χ3v) is 7.17. The first-order valence-corrected chi connectivity index (χ1v) is 11.8. The summed E-state index contributed by atoms with van der Waals surface area (Å²) < 4.78 is 5.55. The first-order valence-electron chi connectivity index (χ1n) is 10.7. The Labute approximate surface area is 191 Å². The van der Waals surface area contributed by atoms with E-state index in [1.807, 2.05) is 36.4 Å². The Balaban J connectivity index is 1.38. The molecule has 2 aromatic carbocycles. The second-order valence-electron chi connectivity index (χ2n) is 7.91. The minimum absolute atomic E-state index is 0.0561. The van der Waals surface area contributed by atoms with E-state index >= 15 is 0 Å². The number of benzene rings is 2. The van der Waals surface area contributed by atoms with Crippen LogP contribution in [0.15, 0.2) is 48.5 Å². The minimum atomic E-state index is -0.926. The SMILES string of the molecule is CCC(NC(=O)OCC1c2ccccc2-c2ccccc21)C(=O)N1CCSC(C(=O)O)C1. The summed E-state index contributed by atoms with van der Waals surface area (Å²) in [5.41, 5.74) is 4.54. The minimum Gasteiger partial charge on any atom is -0.480 e. The fourth-order valence-electron chi connectivity index (χ4n) is 4.34. The second kappa shape index (κ2) is 9.65. The van der Waals surface area contributed by atoms with Crippen LogP contribution in [0.2, 0.25) is 0 Å². The Hall–Kier alpha value is -3.00. The van der Waals surface area contributed by atoms with Crippen LogP contribution in [0, 0.1) is 0 Å². The van der Waals surface area contributed by atoms with Gasteiger partial charge in [-0.1, -0.05) is 55.5 Å². The van der Waals surface area contributed by atoms with Crippen LogP contribution in [-0.2, 0) is 14.3 Å². The molecule has 32 heavy (non-hydrogen) atoms. The van der Waals surface area contributed by atoms with E-state index in [0.717, 1.165) is 22.3 Å². The van der Waals surface area contributed by atoms with Gasteiger partial charge in [0.1, 0.15) is 17.9 Å². The Morgan fingerprint density at radius 2 is 1.75 bits per heavy atom. The van der Waals surface area contributed by atoms with Crippen molar-refractivity contribution in [1.82, 2.24) is 10.2 Å². The van der Waals surface area contributed by atoms with Crippen molar-refractivity contribution in [1.29, 1.82) is 0 Å². The molecule has 1 heterocycles. The zero-order chi connectivity index (χ0) is 22.7. The van der Waals surface area contributed by atoms with Crippen molar-refractivity contribution in [3.63, 3.8) is 0 Å². The van der Waals surface area contributed by atoms with Crippen LogP contribution in [0.4, 0.5) is 4.79 Å². The van der Waals surface area contributed by atoms with E-state index in [-0.39, 0.29) is 25.0 Å². The average Bonchev–Trinajstić information content (AvgIpc) is 3.14. The van der Waals surface area contributed by atoms with Gasteiger partial charge in [0.15, 0.2) is 0 Å². The molecular formula is C24H26N2O5S. The smallest absolute Gasteiger partial charge is 0.407 e. The Bertz CT molecular complexity index is 981. The van der Waals surface area contributed by atoms with E-state index in [0.29, 0.717) is 18.7 Å². The van der Waals surface area contributed by atoms with Crippen LogP contribution < -0.4 is 5.32 Å². The number of alkyl carbamates (subject to hydrolysis) is 1. The number of carboxylic acid groups (broad SMARTS) is 1. The average molecular weight is 455 g/mol. The number of carbonyl (C=O) groups excluding carboxylic acids is 2. The molecule has 2 amide bonds. The fraction of sp³-hybridized carbons (Fsp3) is 0.375. The molecule has 1 aliphatic heterocycles. The highest BCUT2D eigenvalue weighted by Gasteiger charge is 2.33. The Kier molecular flexibility index (Phi) is 6.69. The zero-order valence-electron chi connectivity index (χ0n) is 17.8. The number of nitrogens with one attached hydrogen (secondary N) is 1. The van der Waals surface area contributed by atoms with Crippen molar-refractivity contribution >= 4 is 29.7 Å². The van der Waals surface area contributed by atoms with Crippen LogP contribution in [0.25, 0.3) is 11.1 Å². The van der Waals surface area contributed by atoms with Gasteiger partial charge in [-0.15, -0.1) is 11.8 Å². The molecule has 8 heteroatoms. The molecule has 7 nitrogen and oxygen atoms in total. The summed E-state index contributed by atoms with van der Waals surface area (Å²) >= 11 is 1.33. The van der Waals surface area contributed by atoms with Crippen molar-refractivity contribution in [2.75, 3.05) is 25.4 Å². The molecule has 0 aromatic heterocycles. The summed E-state index contributed by atoms with van der Waals surface area (Å²) in [6.45, 7) is 2.59. The predicted octanol–water partition coefficient (Wildman–Crippen LogP) is 3.33. The zero-order valence-corrected chi connectivity index (χ0v) is 18.6. The molecule has 0 radical (unpaired) electrons. The molecular weight excluding hydrogens is 428 g/mol. The number of carboxylic acids is 1. The van der Waals surface area contributed by atoms with Gasteiger partial charge in [-0.2, -0.15) is 0 Å². The standard InChI is InChI=1S/C24H26N2O5S/c1-2-20(22(27)26-11-12-32-21(13-26)23(28)29)25-24(30)31-14-19-17-9-5-3-7-15(17)16-8-4-6-10-18(16)19/h3-10,19-21H,2,11-14H2,1H3,(H,25,30)(H,28,29). The maximum Gasteiger partial charge on any atom is 0.407 e. The molecule has 1 aliphatic carbocycles. The van der Waals surface area contributed by atoms with E-state index in [2.05, 4.69) is 17.4 Å². The lowest BCUT2D eigenvalue weighted by Gasteiger charge is -2.33. The topological polar surface area (TPSA) is 95.9 Å². The molecule has 4 rings (SSSR count). The molecule has 2 atom stereocenters. The predicted molar refractivity (Wildman–Crippen MR) is 123 cm³/mol.